The molecule has 0 fully saturated rings. The van der Waals surface area contributed by atoms with E-state index in [4.69, 9.17) is 11.6 Å². The SMILES string of the molecule is CNCCCC(=O)NC(Cc1ccc(Cl)cc1)c1ccccc1.Cl. The largest absolute Gasteiger partial charge is 0.349 e. The van der Waals surface area contributed by atoms with Crippen molar-refractivity contribution in [1.29, 1.82) is 0 Å². The Morgan fingerprint density at radius 2 is 1.75 bits per heavy atom. The molecule has 130 valence electrons. The lowest BCUT2D eigenvalue weighted by Gasteiger charge is -2.19. The van der Waals surface area contributed by atoms with Gasteiger partial charge in [-0.25, -0.2) is 0 Å². The molecule has 0 aliphatic heterocycles. The molecule has 0 aromatic heterocycles. The highest BCUT2D eigenvalue weighted by Gasteiger charge is 2.15. The molecule has 24 heavy (non-hydrogen) atoms. The van der Waals surface area contributed by atoms with Crippen LogP contribution in [0.4, 0.5) is 0 Å². The molecule has 0 saturated carbocycles. The Morgan fingerprint density at radius 1 is 1.08 bits per heavy atom. The Morgan fingerprint density at radius 3 is 2.38 bits per heavy atom. The first-order valence-electron chi connectivity index (χ1n) is 7.92. The molecule has 0 spiro atoms. The third-order valence-corrected chi connectivity index (χ3v) is 3.97. The number of rotatable bonds is 8. The minimum Gasteiger partial charge on any atom is -0.349 e. The minimum absolute atomic E-state index is 0. The summed E-state index contributed by atoms with van der Waals surface area (Å²) in [5, 5.41) is 6.94. The number of carbonyl (C=O) groups excluding carboxylic acids is 1. The number of nitrogens with one attached hydrogen (secondary N) is 2. The van der Waals surface area contributed by atoms with Crippen molar-refractivity contribution in [2.45, 2.75) is 25.3 Å². The second kappa shape index (κ2) is 11.1. The van der Waals surface area contributed by atoms with Crippen LogP contribution < -0.4 is 10.6 Å². The Hall–Kier alpha value is -1.55. The van der Waals surface area contributed by atoms with Gasteiger partial charge in [-0.2, -0.15) is 0 Å². The average molecular weight is 367 g/mol. The molecule has 0 bridgehead atoms. The van der Waals surface area contributed by atoms with E-state index in [-0.39, 0.29) is 24.4 Å². The monoisotopic (exact) mass is 366 g/mol. The van der Waals surface area contributed by atoms with Crippen molar-refractivity contribution in [3.63, 3.8) is 0 Å². The average Bonchev–Trinajstić information content (AvgIpc) is 2.57. The van der Waals surface area contributed by atoms with Gasteiger partial charge >= 0.3 is 0 Å². The van der Waals surface area contributed by atoms with Gasteiger partial charge in [0.1, 0.15) is 0 Å². The summed E-state index contributed by atoms with van der Waals surface area (Å²) in [5.41, 5.74) is 2.27. The normalized spacial score (nSPS) is 11.4. The molecule has 0 aliphatic rings. The number of halogens is 2. The number of hydrogen-bond acceptors (Lipinski definition) is 2. The van der Waals surface area contributed by atoms with Gasteiger partial charge in [-0.15, -0.1) is 12.4 Å². The van der Waals surface area contributed by atoms with Gasteiger partial charge < -0.3 is 10.6 Å². The van der Waals surface area contributed by atoms with Gasteiger partial charge in [0, 0.05) is 11.4 Å². The summed E-state index contributed by atoms with van der Waals surface area (Å²) in [6.07, 6.45) is 2.12. The number of benzene rings is 2. The molecule has 3 nitrogen and oxygen atoms in total. The topological polar surface area (TPSA) is 41.1 Å². The van der Waals surface area contributed by atoms with Gasteiger partial charge in [0.05, 0.1) is 6.04 Å². The molecule has 2 rings (SSSR count). The van der Waals surface area contributed by atoms with Crippen LogP contribution in [-0.4, -0.2) is 19.5 Å². The van der Waals surface area contributed by atoms with E-state index in [1.54, 1.807) is 0 Å². The van der Waals surface area contributed by atoms with Crippen LogP contribution in [-0.2, 0) is 11.2 Å². The van der Waals surface area contributed by atoms with E-state index < -0.39 is 0 Å². The molecular formula is C19H24Cl2N2O. The summed E-state index contributed by atoms with van der Waals surface area (Å²) in [6, 6.07) is 17.8. The van der Waals surface area contributed by atoms with Gasteiger partial charge in [0.2, 0.25) is 5.91 Å². The molecule has 0 saturated heterocycles. The molecule has 2 N–H and O–H groups in total. The zero-order valence-electron chi connectivity index (χ0n) is 13.8. The maximum atomic E-state index is 12.2. The van der Waals surface area contributed by atoms with E-state index in [0.717, 1.165) is 35.5 Å². The molecule has 0 aliphatic carbocycles. The van der Waals surface area contributed by atoms with Crippen LogP contribution in [0.5, 0.6) is 0 Å². The molecule has 1 amide bonds. The molecule has 0 radical (unpaired) electrons. The predicted molar refractivity (Wildman–Crippen MR) is 103 cm³/mol. The molecule has 1 unspecified atom stereocenters. The van der Waals surface area contributed by atoms with Crippen LogP contribution in [0.2, 0.25) is 5.02 Å². The maximum Gasteiger partial charge on any atom is 0.220 e. The quantitative estimate of drug-likeness (QED) is 0.688. The molecule has 1 atom stereocenters. The molecule has 2 aromatic rings. The van der Waals surface area contributed by atoms with Gasteiger partial charge in [-0.05, 0) is 49.7 Å². The van der Waals surface area contributed by atoms with Gasteiger partial charge in [-0.3, -0.25) is 4.79 Å². The highest BCUT2D eigenvalue weighted by molar-refractivity contribution is 6.30. The highest BCUT2D eigenvalue weighted by atomic mass is 35.5. The second-order valence-electron chi connectivity index (χ2n) is 5.57. The first-order valence-corrected chi connectivity index (χ1v) is 8.30. The third-order valence-electron chi connectivity index (χ3n) is 3.72. The lowest BCUT2D eigenvalue weighted by molar-refractivity contribution is -0.121. The van der Waals surface area contributed by atoms with E-state index in [9.17, 15) is 4.79 Å². The summed E-state index contributed by atoms with van der Waals surface area (Å²) < 4.78 is 0. The Kier molecular flexibility index (Phi) is 9.46. The van der Waals surface area contributed by atoms with Crippen LogP contribution in [0.1, 0.15) is 30.0 Å². The van der Waals surface area contributed by atoms with E-state index in [2.05, 4.69) is 22.8 Å². The summed E-state index contributed by atoms with van der Waals surface area (Å²) in [5.74, 6) is 0.0862. The summed E-state index contributed by atoms with van der Waals surface area (Å²) >= 11 is 5.94. The summed E-state index contributed by atoms with van der Waals surface area (Å²) in [7, 11) is 1.89. The van der Waals surface area contributed by atoms with Crippen LogP contribution >= 0.6 is 24.0 Å². The van der Waals surface area contributed by atoms with Gasteiger partial charge in [0.25, 0.3) is 0 Å². The minimum atomic E-state index is -0.0283. The van der Waals surface area contributed by atoms with Crippen molar-refractivity contribution < 1.29 is 4.79 Å². The second-order valence-corrected chi connectivity index (χ2v) is 6.00. The zero-order valence-corrected chi connectivity index (χ0v) is 15.4. The van der Waals surface area contributed by atoms with Crippen LogP contribution in [0.3, 0.4) is 0 Å². The van der Waals surface area contributed by atoms with E-state index in [1.165, 1.54) is 0 Å². The number of hydrogen-bond donors (Lipinski definition) is 2. The highest BCUT2D eigenvalue weighted by Crippen LogP contribution is 2.20. The number of carbonyl (C=O) groups is 1. The van der Waals surface area contributed by atoms with Crippen LogP contribution in [0, 0.1) is 0 Å². The van der Waals surface area contributed by atoms with Crippen molar-refractivity contribution >= 4 is 29.9 Å². The number of amides is 1. The Balaban J connectivity index is 0.00000288. The van der Waals surface area contributed by atoms with Crippen molar-refractivity contribution in [1.82, 2.24) is 10.6 Å². The lowest BCUT2D eigenvalue weighted by atomic mass is 9.98. The fourth-order valence-corrected chi connectivity index (χ4v) is 2.61. The van der Waals surface area contributed by atoms with E-state index >= 15 is 0 Å². The third kappa shape index (κ3) is 6.91. The lowest BCUT2D eigenvalue weighted by Crippen LogP contribution is -2.30. The molecular weight excluding hydrogens is 343 g/mol. The van der Waals surface area contributed by atoms with Gasteiger partial charge in [-0.1, -0.05) is 54.1 Å². The molecule has 5 heteroatoms. The summed E-state index contributed by atoms with van der Waals surface area (Å²) in [4.78, 5) is 12.2. The van der Waals surface area contributed by atoms with Crippen LogP contribution in [0.25, 0.3) is 0 Å². The first kappa shape index (κ1) is 20.5. The summed E-state index contributed by atoms with van der Waals surface area (Å²) in [6.45, 7) is 0.848. The van der Waals surface area contributed by atoms with Crippen molar-refractivity contribution in [3.05, 3.63) is 70.7 Å². The fourth-order valence-electron chi connectivity index (χ4n) is 2.49. The van der Waals surface area contributed by atoms with Gasteiger partial charge in [0.15, 0.2) is 0 Å². The Bertz CT molecular complexity index is 603. The van der Waals surface area contributed by atoms with Crippen molar-refractivity contribution in [3.8, 4) is 0 Å². The van der Waals surface area contributed by atoms with E-state index in [1.807, 2.05) is 49.5 Å². The van der Waals surface area contributed by atoms with E-state index in [0.29, 0.717) is 6.42 Å². The molecule has 0 heterocycles. The zero-order chi connectivity index (χ0) is 16.5. The fraction of sp³-hybridized carbons (Fsp3) is 0.316. The van der Waals surface area contributed by atoms with Crippen LogP contribution in [0.15, 0.2) is 54.6 Å². The maximum absolute atomic E-state index is 12.2. The standard InChI is InChI=1S/C19H23ClN2O.ClH/c1-21-13-5-8-19(23)22-18(16-6-3-2-4-7-16)14-15-9-11-17(20)12-10-15;/h2-4,6-7,9-12,18,21H,5,8,13-14H2,1H3,(H,22,23);1H. The van der Waals surface area contributed by atoms with Crippen molar-refractivity contribution in [2.75, 3.05) is 13.6 Å². The molecule has 2 aromatic carbocycles. The predicted octanol–water partition coefficient (Wildman–Crippen LogP) is 4.16. The van der Waals surface area contributed by atoms with Crippen molar-refractivity contribution in [2.24, 2.45) is 0 Å². The first-order chi connectivity index (χ1) is 11.2. The Labute approximate surface area is 155 Å². The smallest absolute Gasteiger partial charge is 0.220 e.